The summed E-state index contributed by atoms with van der Waals surface area (Å²) in [4.78, 5) is 0. The van der Waals surface area contributed by atoms with Gasteiger partial charge in [0.15, 0.2) is 0 Å². The standard InChI is InChI=1S/C9H21N3/c10-7-6-9(11)12-8-4-2-1-3-5-8/h8-9,12H,1-7,10-11H2. The van der Waals surface area contributed by atoms with Crippen LogP contribution < -0.4 is 16.8 Å². The highest BCUT2D eigenvalue weighted by atomic mass is 15.0. The lowest BCUT2D eigenvalue weighted by Gasteiger charge is -2.26. The lowest BCUT2D eigenvalue weighted by Crippen LogP contribution is -2.45. The summed E-state index contributed by atoms with van der Waals surface area (Å²) in [6, 6.07) is 0.653. The van der Waals surface area contributed by atoms with Gasteiger partial charge in [-0.2, -0.15) is 0 Å². The Labute approximate surface area is 74.9 Å². The number of rotatable bonds is 4. The van der Waals surface area contributed by atoms with E-state index in [1.54, 1.807) is 0 Å². The second-order valence-electron chi connectivity index (χ2n) is 3.69. The second kappa shape index (κ2) is 5.51. The van der Waals surface area contributed by atoms with Crippen molar-refractivity contribution in [3.8, 4) is 0 Å². The highest BCUT2D eigenvalue weighted by Gasteiger charge is 2.14. The average molecular weight is 171 g/mol. The van der Waals surface area contributed by atoms with Crippen LogP contribution in [0.25, 0.3) is 0 Å². The van der Waals surface area contributed by atoms with E-state index in [0.29, 0.717) is 12.6 Å². The SMILES string of the molecule is NCCC(N)NC1CCCCC1. The predicted octanol–water partition coefficient (Wildman–Crippen LogP) is 0.542. The van der Waals surface area contributed by atoms with Gasteiger partial charge in [-0.25, -0.2) is 0 Å². The van der Waals surface area contributed by atoms with E-state index in [-0.39, 0.29) is 6.17 Å². The molecule has 0 aromatic rings. The molecule has 3 nitrogen and oxygen atoms in total. The van der Waals surface area contributed by atoms with Crippen LogP contribution in [0.15, 0.2) is 0 Å². The summed E-state index contributed by atoms with van der Waals surface area (Å²) < 4.78 is 0. The van der Waals surface area contributed by atoms with Gasteiger partial charge in [0.2, 0.25) is 0 Å². The van der Waals surface area contributed by atoms with Crippen LogP contribution in [-0.2, 0) is 0 Å². The largest absolute Gasteiger partial charge is 0.330 e. The first-order valence-electron chi connectivity index (χ1n) is 5.04. The molecule has 0 aromatic carbocycles. The molecule has 1 unspecified atom stereocenters. The molecule has 1 atom stereocenters. The number of hydrogen-bond acceptors (Lipinski definition) is 3. The molecule has 0 bridgehead atoms. The molecule has 1 fully saturated rings. The summed E-state index contributed by atoms with van der Waals surface area (Å²) in [5, 5.41) is 3.42. The lowest BCUT2D eigenvalue weighted by molar-refractivity contribution is 0.332. The molecule has 0 heterocycles. The van der Waals surface area contributed by atoms with E-state index in [1.165, 1.54) is 32.1 Å². The van der Waals surface area contributed by atoms with Crippen molar-refractivity contribution in [2.24, 2.45) is 11.5 Å². The monoisotopic (exact) mass is 171 g/mol. The van der Waals surface area contributed by atoms with Crippen LogP contribution in [0.2, 0.25) is 0 Å². The highest BCUT2D eigenvalue weighted by molar-refractivity contribution is 4.74. The molecule has 1 aliphatic rings. The zero-order chi connectivity index (χ0) is 8.81. The average Bonchev–Trinajstić information content (AvgIpc) is 2.06. The molecule has 0 aromatic heterocycles. The third-order valence-corrected chi connectivity index (χ3v) is 2.53. The predicted molar refractivity (Wildman–Crippen MR) is 51.7 cm³/mol. The van der Waals surface area contributed by atoms with Gasteiger partial charge in [-0.05, 0) is 25.8 Å². The molecule has 1 rings (SSSR count). The first-order valence-corrected chi connectivity index (χ1v) is 5.04. The smallest absolute Gasteiger partial charge is 0.0560 e. The van der Waals surface area contributed by atoms with E-state index < -0.39 is 0 Å². The lowest BCUT2D eigenvalue weighted by atomic mass is 9.95. The number of nitrogens with two attached hydrogens (primary N) is 2. The van der Waals surface area contributed by atoms with Gasteiger partial charge in [0.25, 0.3) is 0 Å². The zero-order valence-electron chi connectivity index (χ0n) is 7.76. The first kappa shape index (κ1) is 9.96. The Morgan fingerprint density at radius 1 is 1.25 bits per heavy atom. The summed E-state index contributed by atoms with van der Waals surface area (Å²) in [7, 11) is 0. The first-order chi connectivity index (χ1) is 5.83. The maximum Gasteiger partial charge on any atom is 0.0560 e. The van der Waals surface area contributed by atoms with E-state index in [0.717, 1.165) is 6.42 Å². The Kier molecular flexibility index (Phi) is 4.58. The Hall–Kier alpha value is -0.120. The van der Waals surface area contributed by atoms with Crippen molar-refractivity contribution in [1.29, 1.82) is 0 Å². The van der Waals surface area contributed by atoms with Crippen molar-refractivity contribution in [3.63, 3.8) is 0 Å². The van der Waals surface area contributed by atoms with Gasteiger partial charge < -0.3 is 11.5 Å². The van der Waals surface area contributed by atoms with Crippen LogP contribution in [0, 0.1) is 0 Å². The zero-order valence-corrected chi connectivity index (χ0v) is 7.76. The quantitative estimate of drug-likeness (QED) is 0.541. The summed E-state index contributed by atoms with van der Waals surface area (Å²) in [5.74, 6) is 0. The van der Waals surface area contributed by atoms with Gasteiger partial charge >= 0.3 is 0 Å². The molecule has 0 spiro atoms. The molecule has 0 radical (unpaired) electrons. The Morgan fingerprint density at radius 2 is 1.92 bits per heavy atom. The third-order valence-electron chi connectivity index (χ3n) is 2.53. The van der Waals surface area contributed by atoms with Crippen molar-refractivity contribution in [3.05, 3.63) is 0 Å². The molecule has 0 saturated heterocycles. The van der Waals surface area contributed by atoms with Crippen LogP contribution in [0.1, 0.15) is 38.5 Å². The maximum absolute atomic E-state index is 5.82. The van der Waals surface area contributed by atoms with Gasteiger partial charge in [0.1, 0.15) is 0 Å². The maximum atomic E-state index is 5.82. The molecule has 1 aliphatic carbocycles. The van der Waals surface area contributed by atoms with Crippen LogP contribution in [-0.4, -0.2) is 18.8 Å². The van der Waals surface area contributed by atoms with Crippen molar-refractivity contribution in [2.75, 3.05) is 6.54 Å². The van der Waals surface area contributed by atoms with Crippen molar-refractivity contribution in [1.82, 2.24) is 5.32 Å². The molecule has 5 N–H and O–H groups in total. The molecule has 0 amide bonds. The van der Waals surface area contributed by atoms with Crippen LogP contribution in [0.4, 0.5) is 0 Å². The minimum Gasteiger partial charge on any atom is -0.330 e. The van der Waals surface area contributed by atoms with E-state index in [4.69, 9.17) is 11.5 Å². The van der Waals surface area contributed by atoms with Gasteiger partial charge in [-0.15, -0.1) is 0 Å². The normalized spacial score (nSPS) is 22.5. The van der Waals surface area contributed by atoms with E-state index in [9.17, 15) is 0 Å². The number of hydrogen-bond donors (Lipinski definition) is 3. The highest BCUT2D eigenvalue weighted by Crippen LogP contribution is 2.17. The van der Waals surface area contributed by atoms with E-state index in [2.05, 4.69) is 5.32 Å². The molecular formula is C9H21N3. The van der Waals surface area contributed by atoms with Crippen LogP contribution >= 0.6 is 0 Å². The van der Waals surface area contributed by atoms with Crippen molar-refractivity contribution < 1.29 is 0 Å². The summed E-state index contributed by atoms with van der Waals surface area (Å²) >= 11 is 0. The fraction of sp³-hybridized carbons (Fsp3) is 1.00. The van der Waals surface area contributed by atoms with Crippen LogP contribution in [0.3, 0.4) is 0 Å². The third kappa shape index (κ3) is 3.52. The second-order valence-corrected chi connectivity index (χ2v) is 3.69. The summed E-state index contributed by atoms with van der Waals surface area (Å²) in [5.41, 5.74) is 11.2. The van der Waals surface area contributed by atoms with Crippen molar-refractivity contribution in [2.45, 2.75) is 50.7 Å². The van der Waals surface area contributed by atoms with E-state index >= 15 is 0 Å². The van der Waals surface area contributed by atoms with Gasteiger partial charge in [-0.3, -0.25) is 5.32 Å². The molecule has 3 heteroatoms. The topological polar surface area (TPSA) is 64.1 Å². The van der Waals surface area contributed by atoms with Crippen LogP contribution in [0.5, 0.6) is 0 Å². The van der Waals surface area contributed by atoms with Gasteiger partial charge in [0, 0.05) is 6.04 Å². The Balaban J connectivity index is 2.11. The van der Waals surface area contributed by atoms with Crippen molar-refractivity contribution >= 4 is 0 Å². The fourth-order valence-electron chi connectivity index (χ4n) is 1.83. The van der Waals surface area contributed by atoms with E-state index in [1.807, 2.05) is 0 Å². The molecular weight excluding hydrogens is 150 g/mol. The summed E-state index contributed by atoms with van der Waals surface area (Å²) in [6.07, 6.45) is 7.68. The van der Waals surface area contributed by atoms with Gasteiger partial charge in [0.05, 0.1) is 6.17 Å². The van der Waals surface area contributed by atoms with Gasteiger partial charge in [-0.1, -0.05) is 19.3 Å². The molecule has 0 aliphatic heterocycles. The minimum atomic E-state index is 0.109. The summed E-state index contributed by atoms with van der Waals surface area (Å²) in [6.45, 7) is 0.681. The Morgan fingerprint density at radius 3 is 2.50 bits per heavy atom. The number of nitrogens with one attached hydrogen (secondary N) is 1. The molecule has 1 saturated carbocycles. The Bertz CT molecular complexity index is 110. The minimum absolute atomic E-state index is 0.109. The molecule has 12 heavy (non-hydrogen) atoms. The molecule has 72 valence electrons. The fourth-order valence-corrected chi connectivity index (χ4v) is 1.83.